The highest BCUT2D eigenvalue weighted by molar-refractivity contribution is 7.89. The first-order chi connectivity index (χ1) is 14.9. The van der Waals surface area contributed by atoms with Crippen LogP contribution in [-0.2, 0) is 16.2 Å². The second kappa shape index (κ2) is 8.81. The number of anilines is 1. The fourth-order valence-electron chi connectivity index (χ4n) is 2.63. The van der Waals surface area contributed by atoms with Gasteiger partial charge >= 0.3 is 12.3 Å². The van der Waals surface area contributed by atoms with E-state index in [1.54, 1.807) is 0 Å². The molecule has 0 saturated heterocycles. The van der Waals surface area contributed by atoms with E-state index in [1.807, 2.05) is 0 Å². The van der Waals surface area contributed by atoms with E-state index in [0.717, 1.165) is 16.6 Å². The summed E-state index contributed by atoms with van der Waals surface area (Å²) in [6, 6.07) is 10.6. The van der Waals surface area contributed by atoms with Gasteiger partial charge in [-0.2, -0.15) is 18.3 Å². The van der Waals surface area contributed by atoms with Gasteiger partial charge in [-0.05, 0) is 42.5 Å². The summed E-state index contributed by atoms with van der Waals surface area (Å²) in [4.78, 5) is 12.1. The second-order valence-electron chi connectivity index (χ2n) is 6.57. The smallest absolute Gasteiger partial charge is 0.406 e. The molecule has 13 heteroatoms. The Labute approximate surface area is 186 Å². The number of sulfonamides is 1. The molecule has 32 heavy (non-hydrogen) atoms. The summed E-state index contributed by atoms with van der Waals surface area (Å²) >= 11 is 5.77. The molecular weight excluding hydrogens is 473 g/mol. The molecule has 1 amide bonds. The molecule has 0 atom stereocenters. The maximum absolute atomic E-state index is 13.7. The van der Waals surface area contributed by atoms with Gasteiger partial charge in [-0.15, -0.1) is 0 Å². The molecule has 0 radical (unpaired) electrons. The van der Waals surface area contributed by atoms with E-state index in [-0.39, 0.29) is 16.3 Å². The number of carbonyl (C=O) groups excluding carboxylic acids is 1. The molecule has 0 fully saturated rings. The van der Waals surface area contributed by atoms with Gasteiger partial charge in [-0.1, -0.05) is 17.7 Å². The largest absolute Gasteiger partial charge is 0.437 e. The number of benzene rings is 2. The van der Waals surface area contributed by atoms with Gasteiger partial charge < -0.3 is 4.74 Å². The van der Waals surface area contributed by atoms with Gasteiger partial charge in [-0.25, -0.2) is 22.2 Å². The Morgan fingerprint density at radius 1 is 1.16 bits per heavy atom. The van der Waals surface area contributed by atoms with Gasteiger partial charge in [0.15, 0.2) is 11.4 Å². The van der Waals surface area contributed by atoms with Crippen LogP contribution in [0.2, 0.25) is 5.02 Å². The summed E-state index contributed by atoms with van der Waals surface area (Å²) in [5.74, 6) is -0.831. The minimum absolute atomic E-state index is 0.0107. The van der Waals surface area contributed by atoms with Crippen molar-refractivity contribution in [1.82, 2.24) is 14.1 Å². The Bertz CT molecular complexity index is 1240. The maximum atomic E-state index is 13.7. The van der Waals surface area contributed by atoms with Crippen LogP contribution in [0.1, 0.15) is 5.69 Å². The molecule has 3 aromatic rings. The summed E-state index contributed by atoms with van der Waals surface area (Å²) in [5.41, 5.74) is -1.24. The zero-order chi connectivity index (χ0) is 23.7. The molecule has 0 spiro atoms. The molecule has 0 aliphatic rings. The molecule has 8 nitrogen and oxygen atoms in total. The molecule has 0 aliphatic carbocycles. The van der Waals surface area contributed by atoms with Crippen LogP contribution in [0.3, 0.4) is 0 Å². The molecule has 0 aliphatic heterocycles. The normalized spacial score (nSPS) is 12.1. The van der Waals surface area contributed by atoms with E-state index in [1.165, 1.54) is 56.6 Å². The number of alkyl halides is 3. The van der Waals surface area contributed by atoms with Crippen LogP contribution in [0.5, 0.6) is 5.75 Å². The first-order valence-corrected chi connectivity index (χ1v) is 10.6. The fraction of sp³-hybridized carbons (Fsp3) is 0.158. The number of nitrogens with one attached hydrogen (secondary N) is 1. The summed E-state index contributed by atoms with van der Waals surface area (Å²) in [6.07, 6.45) is -5.40. The summed E-state index contributed by atoms with van der Waals surface area (Å²) in [7, 11) is -1.11. The zero-order valence-corrected chi connectivity index (χ0v) is 18.2. The zero-order valence-electron chi connectivity index (χ0n) is 16.6. The van der Waals surface area contributed by atoms with Crippen molar-refractivity contribution in [3.05, 3.63) is 65.4 Å². The van der Waals surface area contributed by atoms with E-state index in [0.29, 0.717) is 9.70 Å². The topological polar surface area (TPSA) is 93.5 Å². The lowest BCUT2D eigenvalue weighted by molar-refractivity contribution is -0.143. The van der Waals surface area contributed by atoms with Crippen molar-refractivity contribution >= 4 is 33.4 Å². The number of ether oxygens (including phenoxy) is 1. The molecular formula is C19H16ClF3N4O4S. The summed E-state index contributed by atoms with van der Waals surface area (Å²) < 4.78 is 71.8. The van der Waals surface area contributed by atoms with E-state index < -0.39 is 33.7 Å². The standard InChI is InChI=1S/C19H16ClF3N4O4S/c1-26(2)32(29,30)15-5-3-4-13(10-15)25-18(28)31-16-11-24-27(17(16)19(21,22)23)14-8-6-12(20)7-9-14/h3-11H,1-2H3,(H,25,28). The maximum Gasteiger partial charge on any atom is 0.437 e. The molecule has 3 rings (SSSR count). The monoisotopic (exact) mass is 488 g/mol. The predicted molar refractivity (Wildman–Crippen MR) is 111 cm³/mol. The Balaban J connectivity index is 1.87. The van der Waals surface area contributed by atoms with Gasteiger partial charge in [0, 0.05) is 24.8 Å². The lowest BCUT2D eigenvalue weighted by Gasteiger charge is -2.14. The highest BCUT2D eigenvalue weighted by atomic mass is 35.5. The van der Waals surface area contributed by atoms with Crippen LogP contribution >= 0.6 is 11.6 Å². The van der Waals surface area contributed by atoms with E-state index in [9.17, 15) is 26.4 Å². The number of nitrogens with zero attached hydrogens (tertiary/aromatic N) is 3. The van der Waals surface area contributed by atoms with E-state index in [4.69, 9.17) is 16.3 Å². The summed E-state index contributed by atoms with van der Waals surface area (Å²) in [5, 5.41) is 6.21. The van der Waals surface area contributed by atoms with Gasteiger partial charge in [-0.3, -0.25) is 5.32 Å². The second-order valence-corrected chi connectivity index (χ2v) is 9.16. The lowest BCUT2D eigenvalue weighted by Crippen LogP contribution is -2.23. The van der Waals surface area contributed by atoms with Crippen molar-refractivity contribution < 1.29 is 31.1 Å². The minimum atomic E-state index is -4.90. The number of halogens is 4. The van der Waals surface area contributed by atoms with Crippen molar-refractivity contribution in [2.24, 2.45) is 0 Å². The minimum Gasteiger partial charge on any atom is -0.406 e. The number of hydrogen-bond donors (Lipinski definition) is 1. The Kier molecular flexibility index (Phi) is 6.49. The molecule has 0 bridgehead atoms. The van der Waals surface area contributed by atoms with Crippen LogP contribution in [0.25, 0.3) is 5.69 Å². The van der Waals surface area contributed by atoms with E-state index >= 15 is 0 Å². The van der Waals surface area contributed by atoms with Gasteiger partial charge in [0.05, 0.1) is 16.8 Å². The van der Waals surface area contributed by atoms with E-state index in [2.05, 4.69) is 10.4 Å². The number of carbonyl (C=O) groups is 1. The van der Waals surface area contributed by atoms with Crippen LogP contribution < -0.4 is 10.1 Å². The lowest BCUT2D eigenvalue weighted by atomic mass is 10.3. The molecule has 0 unspecified atom stereocenters. The third kappa shape index (κ3) is 5.03. The number of hydrogen-bond acceptors (Lipinski definition) is 5. The van der Waals surface area contributed by atoms with Crippen molar-refractivity contribution in [3.8, 4) is 11.4 Å². The molecule has 2 aromatic carbocycles. The van der Waals surface area contributed by atoms with Crippen molar-refractivity contribution in [3.63, 3.8) is 0 Å². The van der Waals surface area contributed by atoms with Crippen LogP contribution in [0.4, 0.5) is 23.7 Å². The molecule has 1 aromatic heterocycles. The van der Waals surface area contributed by atoms with Gasteiger partial charge in [0.25, 0.3) is 0 Å². The number of aromatic nitrogens is 2. The first kappa shape index (κ1) is 23.6. The Morgan fingerprint density at radius 3 is 2.41 bits per heavy atom. The molecule has 1 N–H and O–H groups in total. The summed E-state index contributed by atoms with van der Waals surface area (Å²) in [6.45, 7) is 0. The first-order valence-electron chi connectivity index (χ1n) is 8.82. The average Bonchev–Trinajstić information content (AvgIpc) is 3.12. The average molecular weight is 489 g/mol. The third-order valence-electron chi connectivity index (χ3n) is 4.14. The van der Waals surface area contributed by atoms with Crippen LogP contribution in [0.15, 0.2) is 59.6 Å². The van der Waals surface area contributed by atoms with Gasteiger partial charge in [0.2, 0.25) is 10.0 Å². The molecule has 1 heterocycles. The van der Waals surface area contributed by atoms with Gasteiger partial charge in [0.1, 0.15) is 0 Å². The Morgan fingerprint density at radius 2 is 1.81 bits per heavy atom. The Hall–Kier alpha value is -3.09. The molecule has 170 valence electrons. The van der Waals surface area contributed by atoms with Crippen molar-refractivity contribution in [1.29, 1.82) is 0 Å². The SMILES string of the molecule is CN(C)S(=O)(=O)c1cccc(NC(=O)Oc2cnn(-c3ccc(Cl)cc3)c2C(F)(F)F)c1. The highest BCUT2D eigenvalue weighted by Crippen LogP contribution is 2.38. The fourth-order valence-corrected chi connectivity index (χ4v) is 3.71. The third-order valence-corrected chi connectivity index (χ3v) is 6.20. The van der Waals surface area contributed by atoms with Crippen LogP contribution in [0, 0.1) is 0 Å². The quantitative estimate of drug-likeness (QED) is 0.574. The highest BCUT2D eigenvalue weighted by Gasteiger charge is 2.40. The predicted octanol–water partition coefficient (Wildman–Crippen LogP) is 4.41. The van der Waals surface area contributed by atoms with Crippen molar-refractivity contribution in [2.75, 3.05) is 19.4 Å². The number of amides is 1. The van der Waals surface area contributed by atoms with Crippen molar-refractivity contribution in [2.45, 2.75) is 11.1 Å². The number of rotatable bonds is 5. The molecule has 0 saturated carbocycles. The van der Waals surface area contributed by atoms with Crippen LogP contribution in [-0.4, -0.2) is 42.7 Å².